The molecule has 0 atom stereocenters. The van der Waals surface area contributed by atoms with E-state index < -0.39 is 0 Å². The summed E-state index contributed by atoms with van der Waals surface area (Å²) in [5, 5.41) is 6.33. The van der Waals surface area contributed by atoms with Crippen molar-refractivity contribution in [1.82, 2.24) is 0 Å². The molecular weight excluding hydrogens is 344 g/mol. The van der Waals surface area contributed by atoms with Crippen molar-refractivity contribution in [1.29, 1.82) is 0 Å². The number of hydrogen-bond donors (Lipinski definition) is 2. The Bertz CT molecular complexity index is 768. The monoisotopic (exact) mass is 362 g/mol. The van der Waals surface area contributed by atoms with Gasteiger partial charge in [-0.05, 0) is 50.3 Å². The first-order valence-electron chi connectivity index (χ1n) is 7.97. The van der Waals surface area contributed by atoms with Crippen molar-refractivity contribution in [2.45, 2.75) is 32.6 Å². The number of halogens is 1. The Balaban J connectivity index is 1.91. The number of alkyl halides is 1. The van der Waals surface area contributed by atoms with Crippen LogP contribution in [0.3, 0.4) is 0 Å². The van der Waals surface area contributed by atoms with Crippen LogP contribution in [-0.2, 0) is 17.6 Å². The zero-order chi connectivity index (χ0) is 17.1. The van der Waals surface area contributed by atoms with Gasteiger partial charge in [-0.1, -0.05) is 17.7 Å². The molecule has 1 aromatic heterocycles. The predicted molar refractivity (Wildman–Crippen MR) is 99.4 cm³/mol. The Labute approximate surface area is 150 Å². The van der Waals surface area contributed by atoms with Crippen molar-refractivity contribution < 1.29 is 9.59 Å². The van der Waals surface area contributed by atoms with E-state index in [4.69, 9.17) is 11.6 Å². The number of amides is 2. The second-order valence-corrected chi connectivity index (χ2v) is 7.29. The number of carbonyl (C=O) groups excluding carboxylic acids is 2. The van der Waals surface area contributed by atoms with Gasteiger partial charge in [0.2, 0.25) is 5.91 Å². The molecule has 2 N–H and O–H groups in total. The standard InChI is InChI=1S/C18H19ClN2O2S/c1-11-6-8-12(9-7-11)20-17(23)16-13-4-2-3-5-14(13)24-18(16)21-15(22)10-19/h6-9H,2-5,10H2,1H3,(H,20,23)(H,21,22). The molecule has 0 unspecified atom stereocenters. The third-order valence-corrected chi connectivity index (χ3v) is 5.53. The van der Waals surface area contributed by atoms with E-state index in [1.54, 1.807) is 0 Å². The predicted octanol–water partition coefficient (Wildman–Crippen LogP) is 4.36. The van der Waals surface area contributed by atoms with Gasteiger partial charge in [0.15, 0.2) is 0 Å². The number of thiophene rings is 1. The van der Waals surface area contributed by atoms with E-state index in [0.29, 0.717) is 10.6 Å². The van der Waals surface area contributed by atoms with E-state index in [0.717, 1.165) is 42.5 Å². The molecule has 4 nitrogen and oxygen atoms in total. The number of benzene rings is 1. The fraction of sp³-hybridized carbons (Fsp3) is 0.333. The van der Waals surface area contributed by atoms with Crippen molar-refractivity contribution in [2.75, 3.05) is 16.5 Å². The van der Waals surface area contributed by atoms with Gasteiger partial charge in [0.1, 0.15) is 10.9 Å². The molecule has 1 heterocycles. The first-order valence-corrected chi connectivity index (χ1v) is 9.32. The Morgan fingerprint density at radius 1 is 1.12 bits per heavy atom. The largest absolute Gasteiger partial charge is 0.322 e. The second kappa shape index (κ2) is 7.36. The van der Waals surface area contributed by atoms with Crippen LogP contribution < -0.4 is 10.6 Å². The van der Waals surface area contributed by atoms with Crippen LogP contribution in [-0.4, -0.2) is 17.7 Å². The lowest BCUT2D eigenvalue weighted by atomic mass is 9.95. The maximum absolute atomic E-state index is 12.8. The topological polar surface area (TPSA) is 58.2 Å². The lowest BCUT2D eigenvalue weighted by Gasteiger charge is -2.13. The number of rotatable bonds is 4. The molecule has 0 saturated heterocycles. The molecule has 0 fully saturated rings. The summed E-state index contributed by atoms with van der Waals surface area (Å²) >= 11 is 7.09. The van der Waals surface area contributed by atoms with Crippen LogP contribution in [0.2, 0.25) is 0 Å². The van der Waals surface area contributed by atoms with Gasteiger partial charge in [0.05, 0.1) is 5.56 Å². The van der Waals surface area contributed by atoms with Crippen LogP contribution in [0.15, 0.2) is 24.3 Å². The number of aryl methyl sites for hydroxylation is 2. The van der Waals surface area contributed by atoms with Crippen LogP contribution in [0.25, 0.3) is 0 Å². The molecule has 24 heavy (non-hydrogen) atoms. The van der Waals surface area contributed by atoms with Crippen LogP contribution in [0.4, 0.5) is 10.7 Å². The van der Waals surface area contributed by atoms with Gasteiger partial charge < -0.3 is 10.6 Å². The van der Waals surface area contributed by atoms with Gasteiger partial charge >= 0.3 is 0 Å². The van der Waals surface area contributed by atoms with E-state index in [1.165, 1.54) is 16.2 Å². The molecule has 1 aliphatic carbocycles. The summed E-state index contributed by atoms with van der Waals surface area (Å²) in [6.07, 6.45) is 4.02. The fourth-order valence-corrected chi connectivity index (χ4v) is 4.25. The second-order valence-electron chi connectivity index (χ2n) is 5.92. The average molecular weight is 363 g/mol. The summed E-state index contributed by atoms with van der Waals surface area (Å²) in [5.41, 5.74) is 3.54. The number of hydrogen-bond acceptors (Lipinski definition) is 3. The van der Waals surface area contributed by atoms with Crippen LogP contribution in [0.1, 0.15) is 39.2 Å². The lowest BCUT2D eigenvalue weighted by molar-refractivity contribution is -0.113. The molecule has 0 saturated carbocycles. The minimum absolute atomic E-state index is 0.123. The molecule has 2 amide bonds. The van der Waals surface area contributed by atoms with Crippen molar-refractivity contribution in [2.24, 2.45) is 0 Å². The third kappa shape index (κ3) is 3.62. The summed E-state index contributed by atoms with van der Waals surface area (Å²) < 4.78 is 0. The zero-order valence-electron chi connectivity index (χ0n) is 13.4. The molecule has 2 aromatic rings. The van der Waals surface area contributed by atoms with Gasteiger partial charge in [-0.2, -0.15) is 0 Å². The Hall–Kier alpha value is -1.85. The lowest BCUT2D eigenvalue weighted by Crippen LogP contribution is -2.19. The summed E-state index contributed by atoms with van der Waals surface area (Å²) in [6, 6.07) is 7.66. The Kier molecular flexibility index (Phi) is 5.21. The van der Waals surface area contributed by atoms with Crippen molar-refractivity contribution in [3.63, 3.8) is 0 Å². The van der Waals surface area contributed by atoms with Crippen LogP contribution in [0.5, 0.6) is 0 Å². The van der Waals surface area contributed by atoms with Gasteiger partial charge in [-0.15, -0.1) is 22.9 Å². The average Bonchev–Trinajstić information content (AvgIpc) is 2.94. The molecular formula is C18H19ClN2O2S. The zero-order valence-corrected chi connectivity index (χ0v) is 15.0. The third-order valence-electron chi connectivity index (χ3n) is 4.08. The van der Waals surface area contributed by atoms with Crippen molar-refractivity contribution >= 4 is 45.4 Å². The number of nitrogens with one attached hydrogen (secondary N) is 2. The Morgan fingerprint density at radius 2 is 1.83 bits per heavy atom. The number of fused-ring (bicyclic) bond motifs is 1. The highest BCUT2D eigenvalue weighted by Gasteiger charge is 2.26. The fourth-order valence-electron chi connectivity index (χ4n) is 2.88. The molecule has 3 rings (SSSR count). The molecule has 0 aliphatic heterocycles. The van der Waals surface area contributed by atoms with Gasteiger partial charge in [-0.25, -0.2) is 0 Å². The molecule has 126 valence electrons. The first kappa shape index (κ1) is 17.0. The maximum Gasteiger partial charge on any atom is 0.258 e. The summed E-state index contributed by atoms with van der Waals surface area (Å²) in [6.45, 7) is 2.00. The maximum atomic E-state index is 12.8. The number of anilines is 2. The van der Waals surface area contributed by atoms with E-state index >= 15 is 0 Å². The molecule has 0 spiro atoms. The van der Waals surface area contributed by atoms with Crippen molar-refractivity contribution in [3.8, 4) is 0 Å². The van der Waals surface area contributed by atoms with Crippen LogP contribution in [0, 0.1) is 6.92 Å². The van der Waals surface area contributed by atoms with Gasteiger partial charge in [0.25, 0.3) is 5.91 Å². The van der Waals surface area contributed by atoms with Crippen LogP contribution >= 0.6 is 22.9 Å². The van der Waals surface area contributed by atoms with E-state index in [-0.39, 0.29) is 17.7 Å². The van der Waals surface area contributed by atoms with Gasteiger partial charge in [0, 0.05) is 10.6 Å². The first-order chi connectivity index (χ1) is 11.6. The highest BCUT2D eigenvalue weighted by Crippen LogP contribution is 2.38. The van der Waals surface area contributed by atoms with E-state index in [2.05, 4.69) is 10.6 Å². The van der Waals surface area contributed by atoms with Gasteiger partial charge in [-0.3, -0.25) is 9.59 Å². The quantitative estimate of drug-likeness (QED) is 0.793. The normalized spacial score (nSPS) is 13.2. The summed E-state index contributed by atoms with van der Waals surface area (Å²) in [4.78, 5) is 25.7. The molecule has 6 heteroatoms. The highest BCUT2D eigenvalue weighted by atomic mass is 35.5. The number of carbonyl (C=O) groups is 2. The molecule has 1 aromatic carbocycles. The highest BCUT2D eigenvalue weighted by molar-refractivity contribution is 7.17. The smallest absolute Gasteiger partial charge is 0.258 e. The van der Waals surface area contributed by atoms with E-state index in [9.17, 15) is 9.59 Å². The molecule has 0 radical (unpaired) electrons. The summed E-state index contributed by atoms with van der Waals surface area (Å²) in [7, 11) is 0. The SMILES string of the molecule is Cc1ccc(NC(=O)c2c(NC(=O)CCl)sc3c2CCCC3)cc1. The molecule has 1 aliphatic rings. The minimum atomic E-state index is -0.292. The molecule has 0 bridgehead atoms. The van der Waals surface area contributed by atoms with E-state index in [1.807, 2.05) is 31.2 Å². The van der Waals surface area contributed by atoms with Crippen molar-refractivity contribution in [3.05, 3.63) is 45.8 Å². The summed E-state index contributed by atoms with van der Waals surface area (Å²) in [5.74, 6) is -0.593. The Morgan fingerprint density at radius 3 is 2.54 bits per heavy atom. The minimum Gasteiger partial charge on any atom is -0.322 e.